The molecule has 1 rings (SSSR count). The Morgan fingerprint density at radius 3 is 2.89 bits per heavy atom. The highest BCUT2D eigenvalue weighted by Gasteiger charge is 2.12. The van der Waals surface area contributed by atoms with E-state index in [0.717, 1.165) is 10.3 Å². The highest BCUT2D eigenvalue weighted by Crippen LogP contribution is 2.26. The summed E-state index contributed by atoms with van der Waals surface area (Å²) in [5.41, 5.74) is 5.38. The van der Waals surface area contributed by atoms with Crippen LogP contribution in [0.1, 0.15) is 6.42 Å². The Balaban J connectivity index is 2.82. The van der Waals surface area contributed by atoms with Crippen LogP contribution in [-0.4, -0.2) is 37.6 Å². The van der Waals surface area contributed by atoms with Crippen molar-refractivity contribution in [3.05, 3.63) is 21.8 Å². The van der Waals surface area contributed by atoms with Crippen LogP contribution in [0.5, 0.6) is 0 Å². The molecule has 1 aromatic rings. The number of anilines is 1. The Morgan fingerprint density at radius 2 is 2.33 bits per heavy atom. The van der Waals surface area contributed by atoms with Crippen LogP contribution in [0, 0.1) is 5.41 Å². The molecule has 0 radical (unpaired) electrons. The molecule has 0 saturated carbocycles. The summed E-state index contributed by atoms with van der Waals surface area (Å²) in [6.45, 7) is 1.87. The molecule has 0 bridgehead atoms. The lowest BCUT2D eigenvalue weighted by molar-refractivity contribution is 0.205. The van der Waals surface area contributed by atoms with Gasteiger partial charge in [0.1, 0.15) is 5.82 Å². The van der Waals surface area contributed by atoms with Gasteiger partial charge in [0.25, 0.3) is 0 Å². The fourth-order valence-electron chi connectivity index (χ4n) is 1.42. The molecule has 18 heavy (non-hydrogen) atoms. The number of nitrogens with one attached hydrogen (secondary N) is 1. The molecule has 7 heteroatoms. The van der Waals surface area contributed by atoms with Crippen molar-refractivity contribution in [2.24, 2.45) is 5.73 Å². The van der Waals surface area contributed by atoms with Crippen LogP contribution < -0.4 is 10.6 Å². The molecule has 0 aliphatic rings. The van der Waals surface area contributed by atoms with Crippen molar-refractivity contribution >= 4 is 39.2 Å². The van der Waals surface area contributed by atoms with Crippen LogP contribution in [0.25, 0.3) is 0 Å². The summed E-state index contributed by atoms with van der Waals surface area (Å²) in [4.78, 5) is 6.29. The molecule has 0 amide bonds. The number of aromatic nitrogens is 1. The molecule has 5 nitrogen and oxygen atoms in total. The summed E-state index contributed by atoms with van der Waals surface area (Å²) >= 11 is 9.30. The summed E-state index contributed by atoms with van der Waals surface area (Å²) in [7, 11) is 1.65. The van der Waals surface area contributed by atoms with Gasteiger partial charge in [-0.1, -0.05) is 11.6 Å². The van der Waals surface area contributed by atoms with Crippen molar-refractivity contribution in [1.82, 2.24) is 4.98 Å². The first-order valence-electron chi connectivity index (χ1n) is 5.42. The summed E-state index contributed by atoms with van der Waals surface area (Å²) in [6, 6.07) is 1.79. The minimum Gasteiger partial charge on any atom is -0.388 e. The summed E-state index contributed by atoms with van der Waals surface area (Å²) in [5, 5.41) is 7.85. The molecule has 0 unspecified atom stereocenters. The van der Waals surface area contributed by atoms with Crippen LogP contribution in [0.3, 0.4) is 0 Å². The molecule has 0 saturated heterocycles. The fraction of sp³-hybridized carbons (Fsp3) is 0.455. The minimum absolute atomic E-state index is 0.155. The van der Waals surface area contributed by atoms with Crippen LogP contribution in [-0.2, 0) is 4.74 Å². The van der Waals surface area contributed by atoms with E-state index in [1.54, 1.807) is 19.4 Å². The van der Waals surface area contributed by atoms with Crippen molar-refractivity contribution in [1.29, 1.82) is 5.41 Å². The molecule has 100 valence electrons. The van der Waals surface area contributed by atoms with Gasteiger partial charge in [0.15, 0.2) is 0 Å². The molecule has 0 aliphatic carbocycles. The first-order valence-corrected chi connectivity index (χ1v) is 6.59. The molecule has 0 aliphatic heterocycles. The number of methoxy groups -OCH3 is 1. The number of amidine groups is 1. The largest absolute Gasteiger partial charge is 0.388 e. The summed E-state index contributed by atoms with van der Waals surface area (Å²) in [5.74, 6) is 0.931. The van der Waals surface area contributed by atoms with Crippen molar-refractivity contribution in [3.8, 4) is 0 Å². The first kappa shape index (κ1) is 15.2. The van der Waals surface area contributed by atoms with Crippen molar-refractivity contribution < 1.29 is 4.74 Å². The van der Waals surface area contributed by atoms with E-state index in [2.05, 4.69) is 20.9 Å². The van der Waals surface area contributed by atoms with E-state index in [0.29, 0.717) is 31.1 Å². The van der Waals surface area contributed by atoms with Gasteiger partial charge < -0.3 is 15.4 Å². The number of hydrogen-bond donors (Lipinski definition) is 2. The number of pyridine rings is 1. The Hall–Kier alpha value is -0.850. The normalized spacial score (nSPS) is 10.4. The van der Waals surface area contributed by atoms with Crippen LogP contribution >= 0.6 is 27.5 Å². The van der Waals surface area contributed by atoms with Gasteiger partial charge in [-0.05, 0) is 22.0 Å². The standard InChI is InChI=1S/C11H16BrClN4O/c1-18-5-4-17(3-2-10(14)15)11-9(12)6-8(13)7-16-11/h6-7H,2-5H2,1H3,(H3,14,15). The molecule has 0 spiro atoms. The third-order valence-corrected chi connectivity index (χ3v) is 3.09. The van der Waals surface area contributed by atoms with Gasteiger partial charge >= 0.3 is 0 Å². The van der Waals surface area contributed by atoms with Gasteiger partial charge in [-0.25, -0.2) is 4.98 Å². The number of hydrogen-bond acceptors (Lipinski definition) is 4. The zero-order chi connectivity index (χ0) is 13.5. The maximum Gasteiger partial charge on any atom is 0.143 e. The third-order valence-electron chi connectivity index (χ3n) is 2.30. The minimum atomic E-state index is 0.155. The smallest absolute Gasteiger partial charge is 0.143 e. The predicted octanol–water partition coefficient (Wildman–Crippen LogP) is 2.28. The second-order valence-corrected chi connectivity index (χ2v) is 5.00. The predicted molar refractivity (Wildman–Crippen MR) is 77.6 cm³/mol. The van der Waals surface area contributed by atoms with E-state index in [1.807, 2.05) is 4.90 Å². The van der Waals surface area contributed by atoms with Crippen molar-refractivity contribution in [2.45, 2.75) is 6.42 Å². The van der Waals surface area contributed by atoms with E-state index in [1.165, 1.54) is 0 Å². The maximum absolute atomic E-state index is 7.28. The van der Waals surface area contributed by atoms with Gasteiger partial charge in [0.2, 0.25) is 0 Å². The van der Waals surface area contributed by atoms with E-state index in [-0.39, 0.29) is 5.84 Å². The van der Waals surface area contributed by atoms with Crippen LogP contribution in [0.15, 0.2) is 16.7 Å². The van der Waals surface area contributed by atoms with E-state index in [4.69, 9.17) is 27.5 Å². The number of ether oxygens (including phenoxy) is 1. The topological polar surface area (TPSA) is 75.2 Å². The molecular weight excluding hydrogens is 320 g/mol. The Labute approximate surface area is 120 Å². The first-order chi connectivity index (χ1) is 8.54. The van der Waals surface area contributed by atoms with Gasteiger partial charge in [-0.3, -0.25) is 5.41 Å². The maximum atomic E-state index is 7.28. The Morgan fingerprint density at radius 1 is 1.61 bits per heavy atom. The number of halogens is 2. The highest BCUT2D eigenvalue weighted by molar-refractivity contribution is 9.10. The molecule has 0 atom stereocenters. The molecule has 0 fully saturated rings. The van der Waals surface area contributed by atoms with Crippen LogP contribution in [0.2, 0.25) is 5.02 Å². The van der Waals surface area contributed by atoms with Gasteiger partial charge in [-0.15, -0.1) is 0 Å². The quantitative estimate of drug-likeness (QED) is 0.592. The van der Waals surface area contributed by atoms with Crippen molar-refractivity contribution in [3.63, 3.8) is 0 Å². The van der Waals surface area contributed by atoms with Crippen molar-refractivity contribution in [2.75, 3.05) is 31.7 Å². The molecule has 1 heterocycles. The van der Waals surface area contributed by atoms with E-state index < -0.39 is 0 Å². The molecular formula is C11H16BrClN4O. The molecule has 3 N–H and O–H groups in total. The third kappa shape index (κ3) is 4.80. The average Bonchev–Trinajstić information content (AvgIpc) is 2.30. The monoisotopic (exact) mass is 334 g/mol. The molecule has 0 aromatic carbocycles. The summed E-state index contributed by atoms with van der Waals surface area (Å²) < 4.78 is 5.88. The lowest BCUT2D eigenvalue weighted by Gasteiger charge is -2.24. The van der Waals surface area contributed by atoms with E-state index >= 15 is 0 Å². The average molecular weight is 336 g/mol. The second kappa shape index (κ2) is 7.56. The molecule has 1 aromatic heterocycles. The Kier molecular flexibility index (Phi) is 6.38. The fourth-order valence-corrected chi connectivity index (χ4v) is 2.31. The van der Waals surface area contributed by atoms with Gasteiger partial charge in [-0.2, -0.15) is 0 Å². The SMILES string of the molecule is COCCN(CCC(=N)N)c1ncc(Cl)cc1Br. The lowest BCUT2D eigenvalue weighted by Crippen LogP contribution is -2.31. The zero-order valence-corrected chi connectivity index (χ0v) is 12.5. The summed E-state index contributed by atoms with van der Waals surface area (Å²) in [6.07, 6.45) is 2.08. The lowest BCUT2D eigenvalue weighted by atomic mass is 10.3. The van der Waals surface area contributed by atoms with Gasteiger partial charge in [0, 0.05) is 32.8 Å². The zero-order valence-electron chi connectivity index (χ0n) is 10.1. The number of nitrogens with two attached hydrogens (primary N) is 1. The van der Waals surface area contributed by atoms with Gasteiger partial charge in [0.05, 0.1) is 21.9 Å². The second-order valence-electron chi connectivity index (χ2n) is 3.71. The Bertz CT molecular complexity index is 416. The number of nitrogens with zero attached hydrogens (tertiary/aromatic N) is 2. The number of rotatable bonds is 7. The highest BCUT2D eigenvalue weighted by atomic mass is 79.9. The van der Waals surface area contributed by atoms with Crippen LogP contribution in [0.4, 0.5) is 5.82 Å². The van der Waals surface area contributed by atoms with E-state index in [9.17, 15) is 0 Å².